The van der Waals surface area contributed by atoms with Crippen LogP contribution in [0.2, 0.25) is 0 Å². The number of fused-ring (bicyclic) bond motifs is 2. The smallest absolute Gasteiger partial charge is 0.0738 e. The van der Waals surface area contributed by atoms with Crippen molar-refractivity contribution in [2.24, 2.45) is 11.7 Å². The standard InChI is InChI=1S/C14H22BrN3O/c1-3-18-12(14(15)8(2)17-18)7-11(16)10-6-9-4-5-13(10)19-9/h9-11,13H,3-7,16H2,1-2H3. The van der Waals surface area contributed by atoms with E-state index in [-0.39, 0.29) is 6.04 Å². The lowest BCUT2D eigenvalue weighted by Gasteiger charge is -2.25. The zero-order valence-electron chi connectivity index (χ0n) is 11.6. The van der Waals surface area contributed by atoms with Gasteiger partial charge in [-0.15, -0.1) is 0 Å². The summed E-state index contributed by atoms with van der Waals surface area (Å²) >= 11 is 3.65. The van der Waals surface area contributed by atoms with E-state index in [1.807, 2.05) is 6.92 Å². The van der Waals surface area contributed by atoms with Crippen LogP contribution < -0.4 is 5.73 Å². The number of aryl methyl sites for hydroxylation is 2. The van der Waals surface area contributed by atoms with Crippen LogP contribution in [0, 0.1) is 12.8 Å². The number of aromatic nitrogens is 2. The lowest BCUT2D eigenvalue weighted by Crippen LogP contribution is -2.38. The number of nitrogens with two attached hydrogens (primary N) is 1. The first-order valence-corrected chi connectivity index (χ1v) is 8.02. The normalized spacial score (nSPS) is 31.1. The molecule has 2 aliphatic heterocycles. The Hall–Kier alpha value is -0.390. The van der Waals surface area contributed by atoms with Crippen LogP contribution in [0.4, 0.5) is 0 Å². The Labute approximate surface area is 122 Å². The molecule has 0 aliphatic carbocycles. The highest BCUT2D eigenvalue weighted by Crippen LogP contribution is 2.40. The monoisotopic (exact) mass is 327 g/mol. The zero-order chi connectivity index (χ0) is 13.6. The molecule has 106 valence electrons. The van der Waals surface area contributed by atoms with Gasteiger partial charge in [0.2, 0.25) is 0 Å². The molecule has 2 fully saturated rings. The van der Waals surface area contributed by atoms with Crippen LogP contribution >= 0.6 is 15.9 Å². The summed E-state index contributed by atoms with van der Waals surface area (Å²) in [4.78, 5) is 0. The molecular weight excluding hydrogens is 306 g/mol. The fourth-order valence-electron chi connectivity index (χ4n) is 3.57. The second-order valence-corrected chi connectivity index (χ2v) is 6.60. The molecule has 4 atom stereocenters. The van der Waals surface area contributed by atoms with Gasteiger partial charge in [0.25, 0.3) is 0 Å². The lowest BCUT2D eigenvalue weighted by molar-refractivity contribution is 0.0883. The molecule has 2 N–H and O–H groups in total. The van der Waals surface area contributed by atoms with E-state index in [1.165, 1.54) is 18.5 Å². The topological polar surface area (TPSA) is 53.1 Å². The van der Waals surface area contributed by atoms with Gasteiger partial charge < -0.3 is 10.5 Å². The maximum absolute atomic E-state index is 6.46. The fourth-order valence-corrected chi connectivity index (χ4v) is 4.01. The summed E-state index contributed by atoms with van der Waals surface area (Å²) in [6.45, 7) is 5.04. The maximum Gasteiger partial charge on any atom is 0.0738 e. The minimum Gasteiger partial charge on any atom is -0.375 e. The van der Waals surface area contributed by atoms with Crippen molar-refractivity contribution in [1.29, 1.82) is 0 Å². The Kier molecular flexibility index (Phi) is 3.71. The predicted molar refractivity (Wildman–Crippen MR) is 78.0 cm³/mol. The largest absolute Gasteiger partial charge is 0.375 e. The van der Waals surface area contributed by atoms with Crippen LogP contribution in [0.15, 0.2) is 4.47 Å². The summed E-state index contributed by atoms with van der Waals surface area (Å²) < 4.78 is 9.10. The van der Waals surface area contributed by atoms with Gasteiger partial charge in [-0.3, -0.25) is 4.68 Å². The van der Waals surface area contributed by atoms with Crippen LogP contribution in [0.3, 0.4) is 0 Å². The van der Waals surface area contributed by atoms with Crippen molar-refractivity contribution >= 4 is 15.9 Å². The van der Waals surface area contributed by atoms with E-state index in [1.54, 1.807) is 0 Å². The third kappa shape index (κ3) is 2.36. The molecule has 1 aromatic heterocycles. The van der Waals surface area contributed by atoms with Gasteiger partial charge in [-0.1, -0.05) is 0 Å². The molecule has 2 bridgehead atoms. The third-order valence-electron chi connectivity index (χ3n) is 4.58. The van der Waals surface area contributed by atoms with E-state index in [9.17, 15) is 0 Å². The Morgan fingerprint density at radius 2 is 2.32 bits per heavy atom. The molecule has 3 heterocycles. The van der Waals surface area contributed by atoms with E-state index in [2.05, 4.69) is 32.6 Å². The van der Waals surface area contributed by atoms with Gasteiger partial charge >= 0.3 is 0 Å². The lowest BCUT2D eigenvalue weighted by atomic mass is 9.82. The highest BCUT2D eigenvalue weighted by atomic mass is 79.9. The molecule has 1 aromatic rings. The van der Waals surface area contributed by atoms with Crippen LogP contribution in [0.25, 0.3) is 0 Å². The molecular formula is C14H22BrN3O. The van der Waals surface area contributed by atoms with Crippen LogP contribution in [0.5, 0.6) is 0 Å². The maximum atomic E-state index is 6.46. The van der Waals surface area contributed by atoms with E-state index < -0.39 is 0 Å². The highest BCUT2D eigenvalue weighted by Gasteiger charge is 2.43. The summed E-state index contributed by atoms with van der Waals surface area (Å²) in [6, 6.07) is 0.174. The molecule has 3 rings (SSSR count). The molecule has 0 aromatic carbocycles. The zero-order valence-corrected chi connectivity index (χ0v) is 13.2. The number of halogens is 1. The Bertz CT molecular complexity index is 474. The van der Waals surface area contributed by atoms with E-state index in [0.29, 0.717) is 18.1 Å². The van der Waals surface area contributed by atoms with E-state index in [0.717, 1.165) is 29.6 Å². The molecule has 4 nitrogen and oxygen atoms in total. The average molecular weight is 328 g/mol. The molecule has 2 saturated heterocycles. The fraction of sp³-hybridized carbons (Fsp3) is 0.786. The minimum absolute atomic E-state index is 0.174. The Morgan fingerprint density at radius 3 is 2.89 bits per heavy atom. The van der Waals surface area contributed by atoms with Gasteiger partial charge in [0, 0.05) is 24.9 Å². The van der Waals surface area contributed by atoms with Crippen LogP contribution in [-0.4, -0.2) is 28.0 Å². The van der Waals surface area contributed by atoms with Crippen LogP contribution in [0.1, 0.15) is 37.6 Å². The first-order valence-electron chi connectivity index (χ1n) is 7.23. The van der Waals surface area contributed by atoms with Crippen molar-refractivity contribution in [2.75, 3.05) is 0 Å². The van der Waals surface area contributed by atoms with Crippen LogP contribution in [-0.2, 0) is 17.7 Å². The molecule has 19 heavy (non-hydrogen) atoms. The SMILES string of the molecule is CCn1nc(C)c(Br)c1CC(N)C1CC2CCC1O2. The summed E-state index contributed by atoms with van der Waals surface area (Å²) in [6.07, 6.45) is 5.31. The second kappa shape index (κ2) is 5.19. The molecule has 2 aliphatic rings. The average Bonchev–Trinajstić information content (AvgIpc) is 3.08. The molecule has 5 heteroatoms. The van der Waals surface area contributed by atoms with Gasteiger partial charge in [0.05, 0.1) is 28.1 Å². The van der Waals surface area contributed by atoms with Crippen molar-refractivity contribution in [3.8, 4) is 0 Å². The Morgan fingerprint density at radius 1 is 1.53 bits per heavy atom. The van der Waals surface area contributed by atoms with Gasteiger partial charge in [-0.05, 0) is 49.0 Å². The van der Waals surface area contributed by atoms with E-state index >= 15 is 0 Å². The summed E-state index contributed by atoms with van der Waals surface area (Å²) in [7, 11) is 0. The minimum atomic E-state index is 0.174. The predicted octanol–water partition coefficient (Wildman–Crippen LogP) is 2.41. The number of hydrogen-bond donors (Lipinski definition) is 1. The Balaban J connectivity index is 1.74. The summed E-state index contributed by atoms with van der Waals surface area (Å²) in [5.41, 5.74) is 8.74. The van der Waals surface area contributed by atoms with Crippen molar-refractivity contribution in [3.63, 3.8) is 0 Å². The molecule has 0 spiro atoms. The van der Waals surface area contributed by atoms with Gasteiger partial charge in [0.15, 0.2) is 0 Å². The molecule has 0 amide bonds. The van der Waals surface area contributed by atoms with E-state index in [4.69, 9.17) is 10.5 Å². The molecule has 0 radical (unpaired) electrons. The van der Waals surface area contributed by atoms with Crippen molar-refractivity contribution in [1.82, 2.24) is 9.78 Å². The van der Waals surface area contributed by atoms with Crippen molar-refractivity contribution < 1.29 is 4.74 Å². The number of ether oxygens (including phenoxy) is 1. The van der Waals surface area contributed by atoms with Crippen molar-refractivity contribution in [2.45, 2.75) is 64.3 Å². The second-order valence-electron chi connectivity index (χ2n) is 5.80. The summed E-state index contributed by atoms with van der Waals surface area (Å²) in [5.74, 6) is 0.520. The quantitative estimate of drug-likeness (QED) is 0.923. The highest BCUT2D eigenvalue weighted by molar-refractivity contribution is 9.10. The first kappa shape index (κ1) is 13.6. The van der Waals surface area contributed by atoms with Gasteiger partial charge in [-0.25, -0.2) is 0 Å². The third-order valence-corrected chi connectivity index (χ3v) is 5.62. The molecule has 4 unspecified atom stereocenters. The van der Waals surface area contributed by atoms with Crippen molar-refractivity contribution in [3.05, 3.63) is 15.9 Å². The summed E-state index contributed by atoms with van der Waals surface area (Å²) in [5, 5.41) is 4.54. The number of rotatable bonds is 4. The first-order chi connectivity index (χ1) is 9.10. The number of nitrogens with zero attached hydrogens (tertiary/aromatic N) is 2. The number of hydrogen-bond acceptors (Lipinski definition) is 3. The molecule has 0 saturated carbocycles. The van der Waals surface area contributed by atoms with Gasteiger partial charge in [-0.2, -0.15) is 5.10 Å². The van der Waals surface area contributed by atoms with Gasteiger partial charge in [0.1, 0.15) is 0 Å².